The van der Waals surface area contributed by atoms with E-state index in [0.717, 1.165) is 35.4 Å². The highest BCUT2D eigenvalue weighted by atomic mass is 16.5. The molecule has 0 saturated heterocycles. The largest absolute Gasteiger partial charge is 0.493 e. The van der Waals surface area contributed by atoms with Gasteiger partial charge in [-0.1, -0.05) is 35.5 Å². The smallest absolute Gasteiger partial charge is 0.246 e. The molecule has 0 N–H and O–H groups in total. The molecule has 0 radical (unpaired) electrons. The van der Waals surface area contributed by atoms with Crippen LogP contribution in [0, 0.1) is 13.8 Å². The highest BCUT2D eigenvalue weighted by Gasteiger charge is 2.27. The van der Waals surface area contributed by atoms with Crippen LogP contribution in [0.4, 0.5) is 0 Å². The molecular weight excluding hydrogens is 404 g/mol. The number of aryl methyl sites for hydroxylation is 3. The zero-order valence-electron chi connectivity index (χ0n) is 18.9. The molecule has 6 nitrogen and oxygen atoms in total. The van der Waals surface area contributed by atoms with Crippen LogP contribution in [0.25, 0.3) is 6.08 Å². The highest BCUT2D eigenvalue weighted by Crippen LogP contribution is 2.35. The fraction of sp³-hybridized carbons (Fsp3) is 0.308. The summed E-state index contributed by atoms with van der Waals surface area (Å²) in [5, 5.41) is 3.95. The number of benzene rings is 2. The number of methoxy groups -OCH3 is 1. The van der Waals surface area contributed by atoms with Gasteiger partial charge in [-0.2, -0.15) is 0 Å². The number of ether oxygens (including phenoxy) is 2. The van der Waals surface area contributed by atoms with Crippen molar-refractivity contribution in [3.8, 4) is 11.5 Å². The summed E-state index contributed by atoms with van der Waals surface area (Å²) >= 11 is 0. The Kier molecular flexibility index (Phi) is 6.30. The number of amides is 1. The van der Waals surface area contributed by atoms with E-state index in [0.29, 0.717) is 18.1 Å². The molecule has 166 valence electrons. The standard InChI is InChI=1S/C26H28N2O4/c1-17-22(18(2)32-27-17)16-31-24-13-9-19(15-25(24)30-4)10-14-26(29)28(3)23-12-11-20-7-5-6-8-21(20)23/h5-10,13-15,23H,11-12,16H2,1-4H3/b14-10+. The molecule has 0 spiro atoms. The van der Waals surface area contributed by atoms with Crippen LogP contribution in [0.3, 0.4) is 0 Å². The number of nitrogens with zero attached hydrogens (tertiary/aromatic N) is 2. The lowest BCUT2D eigenvalue weighted by Gasteiger charge is -2.24. The van der Waals surface area contributed by atoms with Crippen molar-refractivity contribution in [2.75, 3.05) is 14.2 Å². The molecule has 3 aromatic rings. The lowest BCUT2D eigenvalue weighted by molar-refractivity contribution is -0.126. The predicted octanol–water partition coefficient (Wildman–Crippen LogP) is 5.04. The maximum Gasteiger partial charge on any atom is 0.246 e. The summed E-state index contributed by atoms with van der Waals surface area (Å²) in [4.78, 5) is 14.6. The molecular formula is C26H28N2O4. The molecule has 1 heterocycles. The van der Waals surface area contributed by atoms with Gasteiger partial charge in [-0.3, -0.25) is 4.79 Å². The second kappa shape index (κ2) is 9.30. The maximum absolute atomic E-state index is 12.8. The molecule has 0 fully saturated rings. The van der Waals surface area contributed by atoms with Crippen molar-refractivity contribution in [3.63, 3.8) is 0 Å². The normalized spacial score (nSPS) is 15.1. The topological polar surface area (TPSA) is 64.8 Å². The Morgan fingerprint density at radius 3 is 2.78 bits per heavy atom. The average molecular weight is 433 g/mol. The summed E-state index contributed by atoms with van der Waals surface area (Å²) < 4.78 is 16.6. The van der Waals surface area contributed by atoms with Crippen molar-refractivity contribution in [1.82, 2.24) is 10.1 Å². The Morgan fingerprint density at radius 1 is 1.22 bits per heavy atom. The van der Waals surface area contributed by atoms with E-state index >= 15 is 0 Å². The van der Waals surface area contributed by atoms with Gasteiger partial charge in [-0.05, 0) is 61.6 Å². The minimum absolute atomic E-state index is 0.0237. The third kappa shape index (κ3) is 4.40. The predicted molar refractivity (Wildman–Crippen MR) is 123 cm³/mol. The summed E-state index contributed by atoms with van der Waals surface area (Å²) in [6.07, 6.45) is 5.38. The number of aromatic nitrogens is 1. The lowest BCUT2D eigenvalue weighted by atomic mass is 10.1. The average Bonchev–Trinajstić information content (AvgIpc) is 3.38. The maximum atomic E-state index is 12.8. The van der Waals surface area contributed by atoms with Gasteiger partial charge in [-0.25, -0.2) is 0 Å². The molecule has 0 aliphatic heterocycles. The first kappa shape index (κ1) is 21.7. The van der Waals surface area contributed by atoms with E-state index in [-0.39, 0.29) is 11.9 Å². The van der Waals surface area contributed by atoms with Crippen molar-refractivity contribution in [2.45, 2.75) is 39.3 Å². The van der Waals surface area contributed by atoms with Gasteiger partial charge in [0.25, 0.3) is 0 Å². The Bertz CT molecular complexity index is 1130. The quantitative estimate of drug-likeness (QED) is 0.490. The van der Waals surface area contributed by atoms with Gasteiger partial charge < -0.3 is 18.9 Å². The van der Waals surface area contributed by atoms with E-state index in [1.54, 1.807) is 19.3 Å². The minimum atomic E-state index is -0.0237. The van der Waals surface area contributed by atoms with Crippen LogP contribution in [0.5, 0.6) is 11.5 Å². The van der Waals surface area contributed by atoms with Gasteiger partial charge in [0.2, 0.25) is 5.91 Å². The number of likely N-dealkylation sites (N-methyl/N-ethyl adjacent to an activating group) is 1. The second-order valence-electron chi connectivity index (χ2n) is 8.04. The highest BCUT2D eigenvalue weighted by molar-refractivity contribution is 5.92. The fourth-order valence-electron chi connectivity index (χ4n) is 4.14. The van der Waals surface area contributed by atoms with Crippen LogP contribution in [-0.4, -0.2) is 30.1 Å². The summed E-state index contributed by atoms with van der Waals surface area (Å²) in [5.41, 5.74) is 5.18. The Morgan fingerprint density at radius 2 is 2.03 bits per heavy atom. The molecule has 1 aliphatic carbocycles. The first-order valence-electron chi connectivity index (χ1n) is 10.7. The minimum Gasteiger partial charge on any atom is -0.493 e. The molecule has 4 rings (SSSR count). The number of carbonyl (C=O) groups is 1. The first-order chi connectivity index (χ1) is 15.5. The van der Waals surface area contributed by atoms with Crippen LogP contribution in [-0.2, 0) is 17.8 Å². The summed E-state index contributed by atoms with van der Waals surface area (Å²) in [5.74, 6) is 1.94. The van der Waals surface area contributed by atoms with Crippen LogP contribution in [0.15, 0.2) is 53.1 Å². The number of hydrogen-bond donors (Lipinski definition) is 0. The first-order valence-corrected chi connectivity index (χ1v) is 10.7. The molecule has 1 aromatic heterocycles. The molecule has 1 aliphatic rings. The van der Waals surface area contributed by atoms with E-state index < -0.39 is 0 Å². The van der Waals surface area contributed by atoms with Crippen LogP contribution < -0.4 is 9.47 Å². The Balaban J connectivity index is 1.43. The molecule has 0 saturated carbocycles. The second-order valence-corrected chi connectivity index (χ2v) is 8.04. The van der Waals surface area contributed by atoms with E-state index in [9.17, 15) is 4.79 Å². The van der Waals surface area contributed by atoms with Crippen molar-refractivity contribution in [3.05, 3.63) is 82.2 Å². The van der Waals surface area contributed by atoms with Crippen LogP contribution in [0.2, 0.25) is 0 Å². The van der Waals surface area contributed by atoms with E-state index in [1.807, 2.05) is 50.1 Å². The fourth-order valence-corrected chi connectivity index (χ4v) is 4.14. The Labute approximate surface area is 188 Å². The number of hydrogen-bond acceptors (Lipinski definition) is 5. The van der Waals surface area contributed by atoms with Crippen molar-refractivity contribution >= 4 is 12.0 Å². The summed E-state index contributed by atoms with van der Waals surface area (Å²) in [6, 6.07) is 14.1. The van der Waals surface area contributed by atoms with E-state index in [4.69, 9.17) is 14.0 Å². The third-order valence-electron chi connectivity index (χ3n) is 6.08. The molecule has 32 heavy (non-hydrogen) atoms. The number of carbonyl (C=O) groups excluding carboxylic acids is 1. The molecule has 0 bridgehead atoms. The van der Waals surface area contributed by atoms with Crippen molar-refractivity contribution < 1.29 is 18.8 Å². The van der Waals surface area contributed by atoms with Crippen LogP contribution in [0.1, 0.15) is 46.2 Å². The summed E-state index contributed by atoms with van der Waals surface area (Å²) in [7, 11) is 3.47. The van der Waals surface area contributed by atoms with Crippen LogP contribution >= 0.6 is 0 Å². The SMILES string of the molecule is COc1cc(/C=C/C(=O)N(C)C2CCc3ccccc32)ccc1OCc1c(C)noc1C. The zero-order valence-corrected chi connectivity index (χ0v) is 18.9. The van der Waals surface area contributed by atoms with Gasteiger partial charge in [0, 0.05) is 13.1 Å². The number of rotatable bonds is 7. The van der Waals surface area contributed by atoms with Gasteiger partial charge in [0.1, 0.15) is 12.4 Å². The van der Waals surface area contributed by atoms with Gasteiger partial charge in [0.15, 0.2) is 11.5 Å². The van der Waals surface area contributed by atoms with Gasteiger partial charge in [-0.15, -0.1) is 0 Å². The third-order valence-corrected chi connectivity index (χ3v) is 6.08. The molecule has 6 heteroatoms. The lowest BCUT2D eigenvalue weighted by Crippen LogP contribution is -2.28. The summed E-state index contributed by atoms with van der Waals surface area (Å²) in [6.45, 7) is 4.10. The van der Waals surface area contributed by atoms with Crippen molar-refractivity contribution in [1.29, 1.82) is 0 Å². The van der Waals surface area contributed by atoms with E-state index in [1.165, 1.54) is 11.1 Å². The zero-order chi connectivity index (χ0) is 22.7. The molecule has 1 amide bonds. The van der Waals surface area contributed by atoms with Crippen molar-refractivity contribution in [2.24, 2.45) is 0 Å². The molecule has 1 atom stereocenters. The number of fused-ring (bicyclic) bond motifs is 1. The monoisotopic (exact) mass is 432 g/mol. The Hall–Kier alpha value is -3.54. The van der Waals surface area contributed by atoms with Gasteiger partial charge in [0.05, 0.1) is 24.4 Å². The van der Waals surface area contributed by atoms with Gasteiger partial charge >= 0.3 is 0 Å². The van der Waals surface area contributed by atoms with E-state index in [2.05, 4.69) is 23.4 Å². The molecule has 1 unspecified atom stereocenters. The molecule has 2 aromatic carbocycles.